The van der Waals surface area contributed by atoms with E-state index in [1.165, 1.54) is 46.6 Å². The number of aliphatic hydroxyl groups is 1. The highest BCUT2D eigenvalue weighted by atomic mass is 32.2. The van der Waals surface area contributed by atoms with Crippen LogP contribution in [0.3, 0.4) is 0 Å². The molecule has 48 heavy (non-hydrogen) atoms. The number of halogens is 1. The third-order valence-electron chi connectivity index (χ3n) is 8.30. The zero-order chi connectivity index (χ0) is 34.8. The van der Waals surface area contributed by atoms with Gasteiger partial charge >= 0.3 is 6.03 Å². The summed E-state index contributed by atoms with van der Waals surface area (Å²) in [5, 5.41) is 15.5. The first-order valence-electron chi connectivity index (χ1n) is 16.1. The number of nitrogens with one attached hydrogen (secondary N) is 2. The Balaban J connectivity index is 1.62. The van der Waals surface area contributed by atoms with Crippen LogP contribution in [0.15, 0.2) is 77.7 Å². The summed E-state index contributed by atoms with van der Waals surface area (Å²) in [6, 6.07) is 17.1. The van der Waals surface area contributed by atoms with Crippen molar-refractivity contribution in [2.45, 2.75) is 63.2 Å². The number of carbonyl (C=O) groups excluding carboxylic acids is 2. The van der Waals surface area contributed by atoms with Crippen molar-refractivity contribution in [1.82, 2.24) is 9.21 Å². The second kappa shape index (κ2) is 16.9. The van der Waals surface area contributed by atoms with Gasteiger partial charge in [-0.15, -0.1) is 0 Å². The van der Waals surface area contributed by atoms with E-state index in [0.717, 1.165) is 12.8 Å². The summed E-state index contributed by atoms with van der Waals surface area (Å²) in [4.78, 5) is 28.8. The first-order chi connectivity index (χ1) is 22.9. The highest BCUT2D eigenvalue weighted by molar-refractivity contribution is 7.89. The molecule has 3 aromatic carbocycles. The number of sulfonamides is 1. The molecule has 0 bridgehead atoms. The third kappa shape index (κ3) is 9.75. The molecule has 0 unspecified atom stereocenters. The molecule has 3 aromatic rings. The molecular formula is C35H45FN4O7S. The van der Waals surface area contributed by atoms with Crippen molar-refractivity contribution in [2.24, 2.45) is 5.92 Å². The molecule has 0 radical (unpaired) electrons. The number of nitrogens with zero attached hydrogens (tertiary/aromatic N) is 2. The number of amides is 3. The fourth-order valence-electron chi connectivity index (χ4n) is 5.41. The molecule has 0 saturated heterocycles. The monoisotopic (exact) mass is 684 g/mol. The summed E-state index contributed by atoms with van der Waals surface area (Å²) in [6.45, 7) is 5.79. The highest BCUT2D eigenvalue weighted by Crippen LogP contribution is 2.29. The van der Waals surface area contributed by atoms with Crippen molar-refractivity contribution in [3.8, 4) is 5.75 Å². The zero-order valence-corrected chi connectivity index (χ0v) is 28.6. The van der Waals surface area contributed by atoms with Crippen LogP contribution in [0.25, 0.3) is 0 Å². The number of anilines is 2. The van der Waals surface area contributed by atoms with Gasteiger partial charge in [0.2, 0.25) is 10.0 Å². The van der Waals surface area contributed by atoms with Crippen molar-refractivity contribution in [2.75, 3.05) is 44.0 Å². The predicted molar refractivity (Wildman–Crippen MR) is 182 cm³/mol. The zero-order valence-electron chi connectivity index (χ0n) is 27.8. The summed E-state index contributed by atoms with van der Waals surface area (Å²) in [5.41, 5.74) is 0.890. The van der Waals surface area contributed by atoms with E-state index in [2.05, 4.69) is 10.6 Å². The van der Waals surface area contributed by atoms with Gasteiger partial charge in [0.15, 0.2) is 0 Å². The maximum absolute atomic E-state index is 14.3. The summed E-state index contributed by atoms with van der Waals surface area (Å²) in [5.74, 6) is -0.879. The maximum atomic E-state index is 14.3. The van der Waals surface area contributed by atoms with Gasteiger partial charge in [-0.1, -0.05) is 25.1 Å². The van der Waals surface area contributed by atoms with Gasteiger partial charge in [0.25, 0.3) is 5.91 Å². The average Bonchev–Trinajstić information content (AvgIpc) is 3.07. The molecule has 13 heteroatoms. The Morgan fingerprint density at radius 3 is 2.40 bits per heavy atom. The number of rotatable bonds is 8. The summed E-state index contributed by atoms with van der Waals surface area (Å²) in [7, 11) is -2.28. The van der Waals surface area contributed by atoms with Gasteiger partial charge < -0.3 is 30.1 Å². The lowest BCUT2D eigenvalue weighted by atomic mass is 10.0. The van der Waals surface area contributed by atoms with Crippen molar-refractivity contribution in [3.05, 3.63) is 84.2 Å². The molecule has 0 saturated carbocycles. The van der Waals surface area contributed by atoms with Crippen molar-refractivity contribution >= 4 is 33.3 Å². The molecular weight excluding hydrogens is 639 g/mol. The van der Waals surface area contributed by atoms with Crippen molar-refractivity contribution in [3.63, 3.8) is 0 Å². The van der Waals surface area contributed by atoms with Gasteiger partial charge in [-0.3, -0.25) is 4.79 Å². The number of aliphatic hydroxyl groups excluding tert-OH is 1. The van der Waals surface area contributed by atoms with Crippen LogP contribution in [0.1, 0.15) is 50.4 Å². The highest BCUT2D eigenvalue weighted by Gasteiger charge is 2.32. The Kier molecular flexibility index (Phi) is 12.9. The summed E-state index contributed by atoms with van der Waals surface area (Å²) in [6.07, 6.45) is 1.37. The molecule has 0 fully saturated rings. The Bertz CT molecular complexity index is 1630. The number of ether oxygens (including phenoxy) is 2. The predicted octanol–water partition coefficient (Wildman–Crippen LogP) is 5.59. The Hall–Kier alpha value is -4.04. The van der Waals surface area contributed by atoms with Crippen LogP contribution in [-0.4, -0.2) is 86.3 Å². The Morgan fingerprint density at radius 1 is 1.04 bits per heavy atom. The van der Waals surface area contributed by atoms with Crippen molar-refractivity contribution in [1.29, 1.82) is 0 Å². The van der Waals surface area contributed by atoms with Crippen LogP contribution in [0.4, 0.5) is 20.6 Å². The van der Waals surface area contributed by atoms with E-state index >= 15 is 0 Å². The lowest BCUT2D eigenvalue weighted by molar-refractivity contribution is -0.00833. The van der Waals surface area contributed by atoms with Crippen LogP contribution < -0.4 is 15.4 Å². The van der Waals surface area contributed by atoms with Crippen LogP contribution in [0, 0.1) is 11.7 Å². The number of fused-ring (bicyclic) bond motifs is 1. The molecule has 1 heterocycles. The molecule has 1 aliphatic heterocycles. The molecule has 3 amide bonds. The Morgan fingerprint density at radius 2 is 1.71 bits per heavy atom. The second-order valence-electron chi connectivity index (χ2n) is 12.2. The first-order valence-corrected chi connectivity index (χ1v) is 17.5. The minimum atomic E-state index is -3.79. The number of hydrogen-bond acceptors (Lipinski definition) is 7. The van der Waals surface area contributed by atoms with E-state index in [4.69, 9.17) is 9.47 Å². The third-order valence-corrected chi connectivity index (χ3v) is 10.1. The van der Waals surface area contributed by atoms with E-state index in [9.17, 15) is 27.5 Å². The van der Waals surface area contributed by atoms with Gasteiger partial charge in [-0.2, -0.15) is 4.31 Å². The molecule has 260 valence electrons. The first kappa shape index (κ1) is 36.8. The molecule has 3 N–H and O–H groups in total. The quantitative estimate of drug-likeness (QED) is 0.282. The topological polar surface area (TPSA) is 138 Å². The van der Waals surface area contributed by atoms with Crippen LogP contribution in [-0.2, 0) is 14.8 Å². The molecule has 11 nitrogen and oxygen atoms in total. The van der Waals surface area contributed by atoms with Crippen LogP contribution >= 0.6 is 0 Å². The lowest BCUT2D eigenvalue weighted by Crippen LogP contribution is -2.48. The number of hydrogen-bond donors (Lipinski definition) is 3. The smallest absolute Gasteiger partial charge is 0.323 e. The van der Waals surface area contributed by atoms with Gasteiger partial charge in [-0.25, -0.2) is 17.6 Å². The minimum Gasteiger partial charge on any atom is -0.490 e. The van der Waals surface area contributed by atoms with Crippen molar-refractivity contribution < 1.29 is 37.0 Å². The van der Waals surface area contributed by atoms with Gasteiger partial charge in [-0.05, 0) is 87.7 Å². The van der Waals surface area contributed by atoms with E-state index in [1.54, 1.807) is 49.4 Å². The molecule has 1 aliphatic rings. The normalized spacial score (nSPS) is 20.3. The molecule has 0 spiro atoms. The number of carbonyl (C=O) groups is 2. The average molecular weight is 685 g/mol. The second-order valence-corrected chi connectivity index (χ2v) is 14.2. The van der Waals surface area contributed by atoms with E-state index in [1.807, 2.05) is 13.8 Å². The molecule has 4 rings (SSSR count). The van der Waals surface area contributed by atoms with E-state index in [0.29, 0.717) is 30.2 Å². The molecule has 0 aliphatic carbocycles. The SMILES string of the molecule is C[C@@H]1CCCCO[C@H](CN(C)S(=O)(=O)c2ccccc2)[C@@H](C)CN([C@@H](C)CO)C(=O)c2cc(NC(=O)Nc3ccc(F)cc3)ccc2O1. The minimum absolute atomic E-state index is 0.0568. The number of likely N-dealkylation sites (N-methyl/N-ethyl adjacent to an activating group) is 1. The molecule has 0 aromatic heterocycles. The standard InChI is InChI=1S/C35H45FN4O7S/c1-24-21-40(25(2)23-41)34(42)31-20-29(38-35(43)37-28-15-13-27(36)14-16-28)17-18-32(31)47-26(3)10-8-9-19-46-33(24)22-39(4)48(44,45)30-11-6-5-7-12-30/h5-7,11-18,20,24-26,33,41H,8-10,19,21-23H2,1-4H3,(H2,37,38,43)/t24-,25-,26+,33+/m0/s1. The van der Waals surface area contributed by atoms with Crippen LogP contribution in [0.5, 0.6) is 5.75 Å². The fraction of sp³-hybridized carbons (Fsp3) is 0.429. The van der Waals surface area contributed by atoms with Crippen LogP contribution in [0.2, 0.25) is 0 Å². The summed E-state index contributed by atoms with van der Waals surface area (Å²) >= 11 is 0. The maximum Gasteiger partial charge on any atom is 0.323 e. The lowest BCUT2D eigenvalue weighted by Gasteiger charge is -2.35. The molecule has 4 atom stereocenters. The largest absolute Gasteiger partial charge is 0.490 e. The van der Waals surface area contributed by atoms with E-state index in [-0.39, 0.29) is 42.2 Å². The number of urea groups is 1. The summed E-state index contributed by atoms with van der Waals surface area (Å²) < 4.78 is 53.8. The van der Waals surface area contributed by atoms with Gasteiger partial charge in [0.05, 0.1) is 35.3 Å². The van der Waals surface area contributed by atoms with Gasteiger partial charge in [0, 0.05) is 44.0 Å². The van der Waals surface area contributed by atoms with Gasteiger partial charge in [0.1, 0.15) is 11.6 Å². The number of benzene rings is 3. The fourth-order valence-corrected chi connectivity index (χ4v) is 6.62. The van der Waals surface area contributed by atoms with E-state index < -0.39 is 39.9 Å². The Labute approximate surface area is 282 Å².